The molecule has 3 amide bonds. The molecule has 0 spiro atoms. The van der Waals surface area contributed by atoms with Gasteiger partial charge in [-0.1, -0.05) is 24.3 Å². The number of carbonyl (C=O) groups excluding carboxylic acids is 2. The molecule has 1 aliphatic rings. The Labute approximate surface area is 106 Å². The van der Waals surface area contributed by atoms with E-state index in [2.05, 4.69) is 5.32 Å². The Kier molecular flexibility index (Phi) is 3.09. The molecule has 0 aliphatic carbocycles. The number of rotatable bonds is 3. The first-order valence-corrected chi connectivity index (χ1v) is 5.86. The summed E-state index contributed by atoms with van der Waals surface area (Å²) in [6, 6.07) is 7.23. The predicted octanol–water partition coefficient (Wildman–Crippen LogP) is 0.976. The molecule has 0 unspecified atom stereocenters. The van der Waals surface area contributed by atoms with Gasteiger partial charge in [0.2, 0.25) is 0 Å². The van der Waals surface area contributed by atoms with Crippen molar-refractivity contribution in [2.75, 3.05) is 0 Å². The fourth-order valence-electron chi connectivity index (χ4n) is 1.92. The first kappa shape index (κ1) is 12.6. The fraction of sp³-hybridized carbons (Fsp3) is 0.385. The molecule has 5 nitrogen and oxygen atoms in total. The van der Waals surface area contributed by atoms with Crippen molar-refractivity contribution in [1.82, 2.24) is 10.2 Å². The van der Waals surface area contributed by atoms with Gasteiger partial charge in [-0.2, -0.15) is 0 Å². The summed E-state index contributed by atoms with van der Waals surface area (Å²) in [7, 11) is 0. The van der Waals surface area contributed by atoms with Gasteiger partial charge in [-0.05, 0) is 25.0 Å². The molecule has 1 heterocycles. The molecule has 1 aromatic carbocycles. The molecular formula is C13H17N3O2. The third-order valence-electron chi connectivity index (χ3n) is 3.04. The normalized spacial score (nSPS) is 18.1. The van der Waals surface area contributed by atoms with Crippen molar-refractivity contribution in [3.8, 4) is 0 Å². The van der Waals surface area contributed by atoms with E-state index in [0.717, 1.165) is 11.1 Å². The second kappa shape index (κ2) is 4.42. The standard InChI is InChI=1S/C13H17N3O2/c1-13(2)11(17)16(12(18)15-13)8-10-5-3-9(7-14)4-6-10/h3-6H,7-8,14H2,1-2H3,(H,15,18). The summed E-state index contributed by atoms with van der Waals surface area (Å²) >= 11 is 0. The maximum atomic E-state index is 12.0. The van der Waals surface area contributed by atoms with Gasteiger partial charge in [-0.15, -0.1) is 0 Å². The Balaban J connectivity index is 2.14. The number of benzene rings is 1. The lowest BCUT2D eigenvalue weighted by atomic mass is 10.1. The summed E-state index contributed by atoms with van der Waals surface area (Å²) in [5, 5.41) is 2.65. The summed E-state index contributed by atoms with van der Waals surface area (Å²) in [5.41, 5.74) is 6.64. The smallest absolute Gasteiger partial charge is 0.325 e. The molecule has 18 heavy (non-hydrogen) atoms. The van der Waals surface area contributed by atoms with Crippen LogP contribution in [0.15, 0.2) is 24.3 Å². The SMILES string of the molecule is CC1(C)NC(=O)N(Cc2ccc(CN)cc2)C1=O. The largest absolute Gasteiger partial charge is 0.326 e. The number of imide groups is 1. The molecule has 3 N–H and O–H groups in total. The molecule has 0 atom stereocenters. The zero-order valence-electron chi connectivity index (χ0n) is 10.6. The minimum Gasteiger partial charge on any atom is -0.326 e. The van der Waals surface area contributed by atoms with Gasteiger partial charge in [0.25, 0.3) is 5.91 Å². The van der Waals surface area contributed by atoms with E-state index in [4.69, 9.17) is 5.73 Å². The first-order chi connectivity index (χ1) is 8.44. The highest BCUT2D eigenvalue weighted by Crippen LogP contribution is 2.19. The second-order valence-corrected chi connectivity index (χ2v) is 4.97. The molecule has 1 fully saturated rings. The van der Waals surface area contributed by atoms with Gasteiger partial charge >= 0.3 is 6.03 Å². The van der Waals surface area contributed by atoms with Crippen LogP contribution in [0.4, 0.5) is 4.79 Å². The van der Waals surface area contributed by atoms with Crippen LogP contribution in [0.25, 0.3) is 0 Å². The molecule has 5 heteroatoms. The van der Waals surface area contributed by atoms with Crippen molar-refractivity contribution in [2.45, 2.75) is 32.5 Å². The summed E-state index contributed by atoms with van der Waals surface area (Å²) in [6.45, 7) is 4.17. The Bertz CT molecular complexity index is 480. The van der Waals surface area contributed by atoms with E-state index in [1.165, 1.54) is 4.90 Å². The van der Waals surface area contributed by atoms with E-state index in [0.29, 0.717) is 13.1 Å². The lowest BCUT2D eigenvalue weighted by molar-refractivity contribution is -0.130. The molecule has 1 aliphatic heterocycles. The van der Waals surface area contributed by atoms with Crippen molar-refractivity contribution in [2.24, 2.45) is 5.73 Å². The molecule has 1 saturated heterocycles. The number of amides is 3. The Morgan fingerprint density at radius 1 is 1.17 bits per heavy atom. The van der Waals surface area contributed by atoms with E-state index in [1.807, 2.05) is 24.3 Å². The third-order valence-corrected chi connectivity index (χ3v) is 3.04. The van der Waals surface area contributed by atoms with Gasteiger partial charge < -0.3 is 11.1 Å². The average Bonchev–Trinajstić information content (AvgIpc) is 2.52. The second-order valence-electron chi connectivity index (χ2n) is 4.97. The first-order valence-electron chi connectivity index (χ1n) is 5.86. The van der Waals surface area contributed by atoms with Crippen LogP contribution in [-0.4, -0.2) is 22.4 Å². The van der Waals surface area contributed by atoms with Gasteiger partial charge in [0.05, 0.1) is 6.54 Å². The van der Waals surface area contributed by atoms with Crippen LogP contribution in [0.1, 0.15) is 25.0 Å². The average molecular weight is 247 g/mol. The van der Waals surface area contributed by atoms with Crippen molar-refractivity contribution < 1.29 is 9.59 Å². The summed E-state index contributed by atoms with van der Waals surface area (Å²) in [4.78, 5) is 24.9. The van der Waals surface area contributed by atoms with Crippen molar-refractivity contribution in [1.29, 1.82) is 0 Å². The molecule has 96 valence electrons. The van der Waals surface area contributed by atoms with Crippen molar-refractivity contribution in [3.63, 3.8) is 0 Å². The summed E-state index contributed by atoms with van der Waals surface area (Å²) < 4.78 is 0. The number of carbonyl (C=O) groups is 2. The van der Waals surface area contributed by atoms with Gasteiger partial charge in [0.1, 0.15) is 5.54 Å². The molecule has 0 bridgehead atoms. The topological polar surface area (TPSA) is 75.4 Å². The highest BCUT2D eigenvalue weighted by atomic mass is 16.2. The summed E-state index contributed by atoms with van der Waals surface area (Å²) in [5.74, 6) is -0.199. The molecular weight excluding hydrogens is 230 g/mol. The minimum atomic E-state index is -0.811. The van der Waals surface area contributed by atoms with Gasteiger partial charge in [-0.25, -0.2) is 4.79 Å². The Morgan fingerprint density at radius 2 is 1.72 bits per heavy atom. The highest BCUT2D eigenvalue weighted by molar-refractivity contribution is 6.06. The third kappa shape index (κ3) is 2.22. The van der Waals surface area contributed by atoms with E-state index in [-0.39, 0.29) is 11.9 Å². The van der Waals surface area contributed by atoms with Crippen LogP contribution in [-0.2, 0) is 17.9 Å². The zero-order chi connectivity index (χ0) is 13.3. The molecule has 0 aromatic heterocycles. The van der Waals surface area contributed by atoms with Crippen LogP contribution in [0, 0.1) is 0 Å². The zero-order valence-corrected chi connectivity index (χ0v) is 10.6. The monoisotopic (exact) mass is 247 g/mol. The molecule has 0 radical (unpaired) electrons. The fourth-order valence-corrected chi connectivity index (χ4v) is 1.92. The van der Waals surface area contributed by atoms with Crippen molar-refractivity contribution in [3.05, 3.63) is 35.4 Å². The Hall–Kier alpha value is -1.88. The van der Waals surface area contributed by atoms with Gasteiger partial charge in [0, 0.05) is 6.54 Å². The van der Waals surface area contributed by atoms with E-state index in [1.54, 1.807) is 13.8 Å². The van der Waals surface area contributed by atoms with Crippen LogP contribution >= 0.6 is 0 Å². The van der Waals surface area contributed by atoms with Crippen molar-refractivity contribution >= 4 is 11.9 Å². The lowest BCUT2D eigenvalue weighted by Crippen LogP contribution is -2.40. The van der Waals surface area contributed by atoms with Gasteiger partial charge in [0.15, 0.2) is 0 Å². The van der Waals surface area contributed by atoms with Crippen LogP contribution < -0.4 is 11.1 Å². The van der Waals surface area contributed by atoms with E-state index in [9.17, 15) is 9.59 Å². The number of nitrogens with one attached hydrogen (secondary N) is 1. The maximum absolute atomic E-state index is 12.0. The van der Waals surface area contributed by atoms with Crippen LogP contribution in [0.2, 0.25) is 0 Å². The lowest BCUT2D eigenvalue weighted by Gasteiger charge is -2.16. The number of nitrogens with two attached hydrogens (primary N) is 1. The molecule has 0 saturated carbocycles. The van der Waals surface area contributed by atoms with E-state index >= 15 is 0 Å². The van der Waals surface area contributed by atoms with Crippen LogP contribution in [0.5, 0.6) is 0 Å². The highest BCUT2D eigenvalue weighted by Gasteiger charge is 2.43. The molecule has 2 rings (SSSR count). The quantitative estimate of drug-likeness (QED) is 0.782. The summed E-state index contributed by atoms with van der Waals surface area (Å²) in [6.07, 6.45) is 0. The molecule has 1 aromatic rings. The van der Waals surface area contributed by atoms with E-state index < -0.39 is 5.54 Å². The number of urea groups is 1. The number of hydrogen-bond acceptors (Lipinski definition) is 3. The predicted molar refractivity (Wildman–Crippen MR) is 67.5 cm³/mol. The number of hydrogen-bond donors (Lipinski definition) is 2. The maximum Gasteiger partial charge on any atom is 0.325 e. The minimum absolute atomic E-state index is 0.199. The Morgan fingerprint density at radius 3 is 2.17 bits per heavy atom. The van der Waals surface area contributed by atoms with Crippen LogP contribution in [0.3, 0.4) is 0 Å². The number of nitrogens with zero attached hydrogens (tertiary/aromatic N) is 1. The van der Waals surface area contributed by atoms with Gasteiger partial charge in [-0.3, -0.25) is 9.69 Å².